The molecule has 0 amide bonds. The summed E-state index contributed by atoms with van der Waals surface area (Å²) in [5, 5.41) is 0. The average molecular weight is 384 g/mol. The van der Waals surface area contributed by atoms with Gasteiger partial charge in [0.1, 0.15) is 0 Å². The second-order valence-corrected chi connectivity index (χ2v) is 38.0. The normalized spacial score (nSPS) is 89.4. The first-order valence-corrected chi connectivity index (χ1v) is 17.4. The van der Waals surface area contributed by atoms with Crippen LogP contribution in [0.4, 0.5) is 0 Å². The van der Waals surface area contributed by atoms with Crippen LogP contribution in [0.25, 0.3) is 0 Å². The number of hydrogen-bond donors (Lipinski definition) is 0. The SMILES string of the molecule is CC(C)N(C(C)C)[C]12[CH]3[CH]4[CH]5[CH]1[Fe]45321678[CH]2[CH]1[CH]6[C]7(N(C(C)C)C(C)C)[CH]28. The van der Waals surface area contributed by atoms with Crippen LogP contribution >= 0.6 is 0 Å². The van der Waals surface area contributed by atoms with Crippen LogP contribution < -0.4 is 0 Å². The zero-order valence-electron chi connectivity index (χ0n) is 17.2. The van der Waals surface area contributed by atoms with Crippen molar-refractivity contribution < 1.29 is 6.51 Å². The molecule has 0 aromatic heterocycles. The van der Waals surface area contributed by atoms with Gasteiger partial charge in [-0.15, -0.1) is 0 Å². The van der Waals surface area contributed by atoms with E-state index in [1.165, 1.54) is 38.5 Å². The van der Waals surface area contributed by atoms with Crippen LogP contribution in [0.5, 0.6) is 0 Å². The molecule has 25 heavy (non-hydrogen) atoms. The minimum absolute atomic E-state index is 0.767. The van der Waals surface area contributed by atoms with Crippen LogP contribution in [0.15, 0.2) is 0 Å². The molecule has 10 aliphatic rings. The topological polar surface area (TPSA) is 6.48 Å². The molecule has 0 radical (unpaired) electrons. The van der Waals surface area contributed by atoms with Crippen molar-refractivity contribution in [1.82, 2.24) is 9.80 Å². The van der Waals surface area contributed by atoms with Crippen molar-refractivity contribution in [3.8, 4) is 0 Å². The van der Waals surface area contributed by atoms with Gasteiger partial charge in [0.15, 0.2) is 0 Å². The molecular formula is C22H36FeN2. The molecule has 10 heterocycles. The molecule has 0 aromatic rings. The van der Waals surface area contributed by atoms with E-state index in [0.29, 0.717) is 0 Å². The summed E-state index contributed by atoms with van der Waals surface area (Å²) in [4.78, 5) is 17.2. The molecule has 0 aliphatic carbocycles. The molecular weight excluding hydrogens is 348 g/mol. The van der Waals surface area contributed by atoms with E-state index in [1.807, 2.05) is 0 Å². The predicted molar refractivity (Wildman–Crippen MR) is 99.7 cm³/mol. The zero-order chi connectivity index (χ0) is 17.4. The second-order valence-electron chi connectivity index (χ2n) is 14.9. The first-order chi connectivity index (χ1) is 11.5. The van der Waals surface area contributed by atoms with Crippen LogP contribution in [0, 0.1) is 0 Å². The van der Waals surface area contributed by atoms with E-state index in [2.05, 4.69) is 65.2 Å². The van der Waals surface area contributed by atoms with Gasteiger partial charge >= 0.3 is 143 Å². The van der Waals surface area contributed by atoms with Gasteiger partial charge in [0.05, 0.1) is 0 Å². The minimum atomic E-state index is -3.42. The van der Waals surface area contributed by atoms with Crippen molar-refractivity contribution in [2.75, 3.05) is 0 Å². The molecule has 10 fully saturated rings. The summed E-state index contributed by atoms with van der Waals surface area (Å²) in [6, 6.07) is 3.07. The monoisotopic (exact) mass is 384 g/mol. The van der Waals surface area contributed by atoms with Gasteiger partial charge < -0.3 is 0 Å². The molecule has 0 saturated carbocycles. The summed E-state index contributed by atoms with van der Waals surface area (Å²) in [5.74, 6) is 0. The standard InChI is InChI=1S/2C11H18N.Fe/c2*1-9(2)12(10(3)4)11-7-5-6-8-11;/h2*5-10H,1-4H3;. The second kappa shape index (κ2) is 1.36. The van der Waals surface area contributed by atoms with Crippen LogP contribution in [-0.4, -0.2) is 42.8 Å². The predicted octanol–water partition coefficient (Wildman–Crippen LogP) is 5.43. The fourth-order valence-corrected chi connectivity index (χ4v) is 96.4. The molecule has 8 atom stereocenters. The molecule has 10 rings (SSSR count). The van der Waals surface area contributed by atoms with E-state index in [4.69, 9.17) is 0 Å². The summed E-state index contributed by atoms with van der Waals surface area (Å²) in [5.41, 5.74) is 0. The third-order valence-corrected chi connectivity index (χ3v) is 60.0. The van der Waals surface area contributed by atoms with Gasteiger partial charge in [-0.05, 0) is 0 Å². The quantitative estimate of drug-likeness (QED) is 0.564. The Morgan fingerprint density at radius 1 is 0.520 bits per heavy atom. The van der Waals surface area contributed by atoms with Crippen molar-refractivity contribution >= 4 is 0 Å². The Morgan fingerprint density at radius 2 is 0.760 bits per heavy atom. The van der Waals surface area contributed by atoms with Crippen LogP contribution in [0.1, 0.15) is 55.4 Å². The Labute approximate surface area is 143 Å². The first-order valence-electron chi connectivity index (χ1n) is 11.2. The van der Waals surface area contributed by atoms with Gasteiger partial charge in [0, 0.05) is 0 Å². The molecule has 142 valence electrons. The molecule has 1 spiro atoms. The molecule has 2 nitrogen and oxygen atoms in total. The van der Waals surface area contributed by atoms with Crippen LogP contribution in [-0.2, 0) is 6.51 Å². The Morgan fingerprint density at radius 3 is 0.920 bits per heavy atom. The van der Waals surface area contributed by atoms with Gasteiger partial charge in [-0.1, -0.05) is 0 Å². The summed E-state index contributed by atoms with van der Waals surface area (Å²) >= 11 is 0. The Hall–Kier alpha value is 0.439. The molecule has 10 aliphatic heterocycles. The van der Waals surface area contributed by atoms with Crippen molar-refractivity contribution in [2.45, 2.75) is 127 Å². The number of rotatable bonds is 6. The van der Waals surface area contributed by atoms with E-state index in [-0.39, 0.29) is 0 Å². The van der Waals surface area contributed by atoms with E-state index in [1.54, 1.807) is 0 Å². The van der Waals surface area contributed by atoms with Gasteiger partial charge in [-0.2, -0.15) is 0 Å². The van der Waals surface area contributed by atoms with E-state index in [9.17, 15) is 0 Å². The van der Waals surface area contributed by atoms with Gasteiger partial charge in [-0.25, -0.2) is 0 Å². The molecule has 3 heteroatoms. The average Bonchev–Trinajstić information content (AvgIpc) is 3.40. The molecule has 8 unspecified atom stereocenters. The Kier molecular flexibility index (Phi) is 0.696. The summed E-state index contributed by atoms with van der Waals surface area (Å²) in [7, 11) is 0. The molecule has 0 bridgehead atoms. The fraction of sp³-hybridized carbons (Fsp3) is 1.00. The third kappa shape index (κ3) is 0.190. The van der Waals surface area contributed by atoms with Crippen molar-refractivity contribution in [3.63, 3.8) is 0 Å². The molecule has 10 saturated heterocycles. The van der Waals surface area contributed by atoms with Gasteiger partial charge in [0.2, 0.25) is 0 Å². The number of hydrogen-bond acceptors (Lipinski definition) is 2. The van der Waals surface area contributed by atoms with Gasteiger partial charge in [0.25, 0.3) is 0 Å². The first kappa shape index (κ1) is 12.8. The van der Waals surface area contributed by atoms with Crippen molar-refractivity contribution in [1.29, 1.82) is 0 Å². The van der Waals surface area contributed by atoms with Crippen molar-refractivity contribution in [2.24, 2.45) is 0 Å². The van der Waals surface area contributed by atoms with Crippen LogP contribution in [0.3, 0.4) is 0 Å². The van der Waals surface area contributed by atoms with Crippen molar-refractivity contribution in [3.05, 3.63) is 0 Å². The number of fused-ring (bicyclic) bond motifs is 10. The summed E-state index contributed by atoms with van der Waals surface area (Å²) < 4.78 is 1.72. The fourth-order valence-electron chi connectivity index (χ4n) is 20.5. The van der Waals surface area contributed by atoms with Gasteiger partial charge in [-0.3, -0.25) is 0 Å². The zero-order valence-corrected chi connectivity index (χ0v) is 18.3. The molecule has 0 aromatic carbocycles. The maximum atomic E-state index is 3.19. The third-order valence-electron chi connectivity index (χ3n) is 17.7. The molecule has 0 N–H and O–H groups in total. The Balaban J connectivity index is 1.36. The van der Waals surface area contributed by atoms with E-state index >= 15 is 0 Å². The van der Waals surface area contributed by atoms with E-state index < -0.39 is 6.51 Å². The van der Waals surface area contributed by atoms with Crippen LogP contribution in [0.2, 0.25) is 38.5 Å². The number of nitrogens with zero attached hydrogens (tertiary/aromatic N) is 2. The van der Waals surface area contributed by atoms with E-state index in [0.717, 1.165) is 33.0 Å². The maximum absolute atomic E-state index is 3.42. The Bertz CT molecular complexity index is 1080. The summed E-state index contributed by atoms with van der Waals surface area (Å²) in [6.45, 7) is 16.8. The summed E-state index contributed by atoms with van der Waals surface area (Å²) in [6.07, 6.45) is 0.